The van der Waals surface area contributed by atoms with Gasteiger partial charge >= 0.3 is 6.03 Å². The monoisotopic (exact) mass is 333 g/mol. The lowest BCUT2D eigenvalue weighted by molar-refractivity contribution is -0.123. The lowest BCUT2D eigenvalue weighted by Gasteiger charge is -2.33. The van der Waals surface area contributed by atoms with Crippen molar-refractivity contribution >= 4 is 11.9 Å². The summed E-state index contributed by atoms with van der Waals surface area (Å²) in [5.41, 5.74) is 1.10. The highest BCUT2D eigenvalue weighted by Crippen LogP contribution is 2.17. The van der Waals surface area contributed by atoms with E-state index in [0.29, 0.717) is 18.2 Å². The van der Waals surface area contributed by atoms with Gasteiger partial charge in [-0.05, 0) is 43.4 Å². The minimum absolute atomic E-state index is 0.0292. The fourth-order valence-corrected chi connectivity index (χ4v) is 2.77. The minimum atomic E-state index is -0.108. The third-order valence-electron chi connectivity index (χ3n) is 4.21. The van der Waals surface area contributed by atoms with Crippen LogP contribution in [-0.4, -0.2) is 62.1 Å². The van der Waals surface area contributed by atoms with Crippen LogP contribution in [0.25, 0.3) is 0 Å². The Bertz CT molecular complexity index is 566. The molecule has 6 heteroatoms. The van der Waals surface area contributed by atoms with Crippen molar-refractivity contribution < 1.29 is 14.3 Å². The zero-order valence-electron chi connectivity index (χ0n) is 14.7. The van der Waals surface area contributed by atoms with Crippen LogP contribution in [0.1, 0.15) is 18.4 Å². The molecule has 1 fully saturated rings. The Hall–Kier alpha value is -2.24. The largest absolute Gasteiger partial charge is 0.484 e. The maximum atomic E-state index is 11.9. The molecule has 1 heterocycles. The predicted octanol–water partition coefficient (Wildman–Crippen LogP) is 1.88. The first-order valence-corrected chi connectivity index (χ1v) is 8.38. The molecule has 1 aliphatic heterocycles. The maximum Gasteiger partial charge on any atom is 0.319 e. The van der Waals surface area contributed by atoms with E-state index in [-0.39, 0.29) is 18.5 Å². The molecule has 1 aromatic carbocycles. The van der Waals surface area contributed by atoms with Crippen LogP contribution < -0.4 is 10.1 Å². The van der Waals surface area contributed by atoms with Gasteiger partial charge in [0.2, 0.25) is 0 Å². The van der Waals surface area contributed by atoms with Crippen molar-refractivity contribution in [1.29, 1.82) is 0 Å². The van der Waals surface area contributed by atoms with Crippen LogP contribution in [0.2, 0.25) is 0 Å². The van der Waals surface area contributed by atoms with Gasteiger partial charge in [0, 0.05) is 33.7 Å². The second kappa shape index (κ2) is 8.57. The number of urea groups is 1. The summed E-state index contributed by atoms with van der Waals surface area (Å²) in [6.07, 6.45) is 1.83. The molecule has 24 heavy (non-hydrogen) atoms. The predicted molar refractivity (Wildman–Crippen MR) is 93.1 cm³/mol. The number of aryl methyl sites for hydroxylation is 1. The van der Waals surface area contributed by atoms with Crippen LogP contribution >= 0.6 is 0 Å². The normalized spacial score (nSPS) is 15.0. The summed E-state index contributed by atoms with van der Waals surface area (Å²) in [6.45, 7) is 4.15. The highest BCUT2D eigenvalue weighted by atomic mass is 16.5. The molecule has 6 nitrogen and oxygen atoms in total. The molecule has 0 atom stereocenters. The minimum Gasteiger partial charge on any atom is -0.484 e. The van der Waals surface area contributed by atoms with E-state index in [0.717, 1.165) is 31.5 Å². The van der Waals surface area contributed by atoms with Gasteiger partial charge in [0.25, 0.3) is 5.91 Å². The maximum absolute atomic E-state index is 11.9. The molecule has 0 saturated carbocycles. The molecule has 0 bridgehead atoms. The van der Waals surface area contributed by atoms with Crippen LogP contribution in [0.4, 0.5) is 4.79 Å². The molecule has 0 radical (unpaired) electrons. The fraction of sp³-hybridized carbons (Fsp3) is 0.556. The van der Waals surface area contributed by atoms with Crippen LogP contribution in [0.5, 0.6) is 5.75 Å². The molecule has 2 rings (SSSR count). The molecule has 0 unspecified atom stereocenters. The molecule has 1 N–H and O–H groups in total. The number of piperidine rings is 1. The summed E-state index contributed by atoms with van der Waals surface area (Å²) in [6, 6.07) is 7.71. The summed E-state index contributed by atoms with van der Waals surface area (Å²) >= 11 is 0. The van der Waals surface area contributed by atoms with Crippen molar-refractivity contribution in [1.82, 2.24) is 15.1 Å². The summed E-state index contributed by atoms with van der Waals surface area (Å²) in [5.74, 6) is 1.02. The first-order valence-electron chi connectivity index (χ1n) is 8.38. The van der Waals surface area contributed by atoms with Gasteiger partial charge in [-0.2, -0.15) is 0 Å². The second-order valence-corrected chi connectivity index (χ2v) is 6.52. The number of hydrogen-bond donors (Lipinski definition) is 1. The van der Waals surface area contributed by atoms with Crippen molar-refractivity contribution in [2.24, 2.45) is 5.92 Å². The van der Waals surface area contributed by atoms with Crippen LogP contribution in [0.15, 0.2) is 24.3 Å². The molecule has 1 aromatic rings. The Balaban J connectivity index is 1.65. The van der Waals surface area contributed by atoms with E-state index >= 15 is 0 Å². The average Bonchev–Trinajstić information content (AvgIpc) is 2.58. The molecule has 132 valence electrons. The van der Waals surface area contributed by atoms with Gasteiger partial charge in [0.1, 0.15) is 5.75 Å². The Morgan fingerprint density at radius 2 is 2.00 bits per heavy atom. The van der Waals surface area contributed by atoms with Crippen molar-refractivity contribution in [3.63, 3.8) is 0 Å². The number of likely N-dealkylation sites (tertiary alicyclic amines) is 1. The van der Waals surface area contributed by atoms with Gasteiger partial charge < -0.3 is 19.9 Å². The topological polar surface area (TPSA) is 61.9 Å². The standard InChI is InChI=1S/C18H27N3O3/c1-14-5-4-6-16(11-14)24-13-17(22)19-12-15-7-9-21(10-8-15)18(23)20(2)3/h4-6,11,15H,7-10,12-13H2,1-3H3,(H,19,22). The average molecular weight is 333 g/mol. The second-order valence-electron chi connectivity index (χ2n) is 6.52. The molecule has 0 spiro atoms. The summed E-state index contributed by atoms with van der Waals surface area (Å²) in [4.78, 5) is 27.2. The number of hydrogen-bond acceptors (Lipinski definition) is 3. The van der Waals surface area contributed by atoms with Crippen molar-refractivity contribution in [2.75, 3.05) is 40.3 Å². The van der Waals surface area contributed by atoms with E-state index in [2.05, 4.69) is 5.32 Å². The molecular weight excluding hydrogens is 306 g/mol. The zero-order valence-corrected chi connectivity index (χ0v) is 14.7. The van der Waals surface area contributed by atoms with E-state index in [9.17, 15) is 9.59 Å². The number of carbonyl (C=O) groups excluding carboxylic acids is 2. The number of carbonyl (C=O) groups is 2. The van der Waals surface area contributed by atoms with E-state index in [1.54, 1.807) is 19.0 Å². The zero-order chi connectivity index (χ0) is 17.5. The number of nitrogens with one attached hydrogen (secondary N) is 1. The first-order chi connectivity index (χ1) is 11.5. The van der Waals surface area contributed by atoms with Crippen LogP contribution in [0.3, 0.4) is 0 Å². The Morgan fingerprint density at radius 3 is 2.62 bits per heavy atom. The third-order valence-corrected chi connectivity index (χ3v) is 4.21. The van der Waals surface area contributed by atoms with Gasteiger partial charge in [-0.1, -0.05) is 12.1 Å². The van der Waals surface area contributed by atoms with Crippen molar-refractivity contribution in [3.8, 4) is 5.75 Å². The number of amides is 3. The molecule has 1 aliphatic rings. The SMILES string of the molecule is Cc1cccc(OCC(=O)NCC2CCN(C(=O)N(C)C)CC2)c1. The smallest absolute Gasteiger partial charge is 0.319 e. The summed E-state index contributed by atoms with van der Waals surface area (Å²) in [7, 11) is 3.53. The third kappa shape index (κ3) is 5.44. The lowest BCUT2D eigenvalue weighted by Crippen LogP contribution is -2.45. The summed E-state index contributed by atoms with van der Waals surface area (Å²) in [5, 5.41) is 2.93. The van der Waals surface area contributed by atoms with E-state index in [1.807, 2.05) is 36.1 Å². The fourth-order valence-electron chi connectivity index (χ4n) is 2.77. The Labute approximate surface area is 143 Å². The molecule has 0 aromatic heterocycles. The van der Waals surface area contributed by atoms with E-state index in [1.165, 1.54) is 0 Å². The summed E-state index contributed by atoms with van der Waals surface area (Å²) < 4.78 is 5.49. The van der Waals surface area contributed by atoms with Crippen molar-refractivity contribution in [3.05, 3.63) is 29.8 Å². The molecule has 3 amide bonds. The molecule has 1 saturated heterocycles. The van der Waals surface area contributed by atoms with Crippen LogP contribution in [-0.2, 0) is 4.79 Å². The first kappa shape index (κ1) is 18.1. The molecular formula is C18H27N3O3. The van der Waals surface area contributed by atoms with Crippen LogP contribution in [0, 0.1) is 12.8 Å². The lowest BCUT2D eigenvalue weighted by atomic mass is 9.97. The number of rotatable bonds is 5. The number of benzene rings is 1. The number of nitrogens with zero attached hydrogens (tertiary/aromatic N) is 2. The van der Waals surface area contributed by atoms with E-state index < -0.39 is 0 Å². The van der Waals surface area contributed by atoms with Gasteiger partial charge in [0.15, 0.2) is 6.61 Å². The van der Waals surface area contributed by atoms with Gasteiger partial charge in [0.05, 0.1) is 0 Å². The van der Waals surface area contributed by atoms with Gasteiger partial charge in [-0.25, -0.2) is 4.79 Å². The van der Waals surface area contributed by atoms with Crippen molar-refractivity contribution in [2.45, 2.75) is 19.8 Å². The highest BCUT2D eigenvalue weighted by Gasteiger charge is 2.23. The number of ether oxygens (including phenoxy) is 1. The van der Waals surface area contributed by atoms with Gasteiger partial charge in [-0.15, -0.1) is 0 Å². The Kier molecular flexibility index (Phi) is 6.46. The quantitative estimate of drug-likeness (QED) is 0.895. The Morgan fingerprint density at radius 1 is 1.29 bits per heavy atom. The highest BCUT2D eigenvalue weighted by molar-refractivity contribution is 5.77. The van der Waals surface area contributed by atoms with E-state index in [4.69, 9.17) is 4.74 Å². The van der Waals surface area contributed by atoms with Gasteiger partial charge in [-0.3, -0.25) is 4.79 Å². The molecule has 0 aliphatic carbocycles.